The van der Waals surface area contributed by atoms with Gasteiger partial charge in [0.15, 0.2) is 17.5 Å². The van der Waals surface area contributed by atoms with Crippen LogP contribution in [0.15, 0.2) is 23.2 Å². The topological polar surface area (TPSA) is 49.3 Å². The Hall–Kier alpha value is -2.16. The van der Waals surface area contributed by atoms with Crippen molar-refractivity contribution in [2.45, 2.75) is 19.0 Å². The van der Waals surface area contributed by atoms with Crippen molar-refractivity contribution in [3.05, 3.63) is 23.8 Å². The molecule has 9 heteroatoms. The summed E-state index contributed by atoms with van der Waals surface area (Å²) in [4.78, 5) is 7.48. The lowest BCUT2D eigenvalue weighted by atomic mass is 10.1. The second-order valence-corrected chi connectivity index (χ2v) is 6.54. The Morgan fingerprint density at radius 3 is 2.36 bits per heavy atom. The maximum absolute atomic E-state index is 12.3. The molecule has 1 aromatic rings. The number of ether oxygens (including phenoxy) is 2. The zero-order valence-electron chi connectivity index (χ0n) is 17.3. The highest BCUT2D eigenvalue weighted by atomic mass is 19.4. The molecule has 0 radical (unpaired) electrons. The molecule has 0 unspecified atom stereocenters. The van der Waals surface area contributed by atoms with Crippen LogP contribution in [-0.4, -0.2) is 83.5 Å². The summed E-state index contributed by atoms with van der Waals surface area (Å²) in [6.07, 6.45) is -2.79. The van der Waals surface area contributed by atoms with E-state index in [4.69, 9.17) is 9.47 Å². The minimum absolute atomic E-state index is 0.360. The summed E-state index contributed by atoms with van der Waals surface area (Å²) >= 11 is 0. The molecule has 0 bridgehead atoms. The predicted molar refractivity (Wildman–Crippen MR) is 105 cm³/mol. The molecule has 0 saturated heterocycles. The van der Waals surface area contributed by atoms with Crippen LogP contribution >= 0.6 is 0 Å². The third kappa shape index (κ3) is 8.69. The molecule has 1 aromatic carbocycles. The smallest absolute Gasteiger partial charge is 0.401 e. The van der Waals surface area contributed by atoms with Gasteiger partial charge >= 0.3 is 6.18 Å². The van der Waals surface area contributed by atoms with Crippen LogP contribution in [0.5, 0.6) is 11.5 Å². The summed E-state index contributed by atoms with van der Waals surface area (Å²) in [5, 5.41) is 3.19. The highest BCUT2D eigenvalue weighted by Crippen LogP contribution is 2.27. The van der Waals surface area contributed by atoms with E-state index in [-0.39, 0.29) is 0 Å². The Labute approximate surface area is 165 Å². The van der Waals surface area contributed by atoms with Gasteiger partial charge in [-0.05, 0) is 44.1 Å². The van der Waals surface area contributed by atoms with Crippen LogP contribution in [0.4, 0.5) is 13.2 Å². The molecule has 160 valence electrons. The van der Waals surface area contributed by atoms with Gasteiger partial charge < -0.3 is 19.7 Å². The first-order chi connectivity index (χ1) is 13.2. The summed E-state index contributed by atoms with van der Waals surface area (Å²) < 4.78 is 47.5. The van der Waals surface area contributed by atoms with Crippen LogP contribution < -0.4 is 14.8 Å². The molecule has 0 aliphatic rings. The number of hydrogen-bond donors (Lipinski definition) is 1. The molecule has 6 nitrogen and oxygen atoms in total. The van der Waals surface area contributed by atoms with E-state index in [1.165, 1.54) is 11.9 Å². The van der Waals surface area contributed by atoms with E-state index < -0.39 is 12.7 Å². The molecule has 0 saturated carbocycles. The lowest BCUT2D eigenvalue weighted by Gasteiger charge is -2.23. The van der Waals surface area contributed by atoms with Gasteiger partial charge in [-0.3, -0.25) is 9.89 Å². The number of hydrogen-bond acceptors (Lipinski definition) is 4. The number of alkyl halides is 3. The minimum atomic E-state index is -4.16. The number of rotatable bonds is 10. The van der Waals surface area contributed by atoms with Crippen molar-refractivity contribution >= 4 is 5.96 Å². The predicted octanol–water partition coefficient (Wildman–Crippen LogP) is 2.64. The average Bonchev–Trinajstić information content (AvgIpc) is 2.64. The van der Waals surface area contributed by atoms with Crippen molar-refractivity contribution in [1.82, 2.24) is 15.1 Å². The molecule has 0 spiro atoms. The number of guanidine groups is 1. The average molecular weight is 404 g/mol. The second kappa shape index (κ2) is 11.6. The van der Waals surface area contributed by atoms with Crippen molar-refractivity contribution < 1.29 is 22.6 Å². The van der Waals surface area contributed by atoms with Crippen LogP contribution in [-0.2, 0) is 6.42 Å². The van der Waals surface area contributed by atoms with E-state index in [0.29, 0.717) is 37.0 Å². The monoisotopic (exact) mass is 404 g/mol. The Kier molecular flexibility index (Phi) is 9.92. The number of nitrogens with zero attached hydrogens (tertiary/aromatic N) is 3. The highest BCUT2D eigenvalue weighted by molar-refractivity contribution is 5.79. The van der Waals surface area contributed by atoms with E-state index in [1.807, 2.05) is 30.1 Å². The van der Waals surface area contributed by atoms with Crippen molar-refractivity contribution in [3.63, 3.8) is 0 Å². The van der Waals surface area contributed by atoms with Gasteiger partial charge in [0.25, 0.3) is 0 Å². The third-order valence-corrected chi connectivity index (χ3v) is 4.21. The zero-order valence-corrected chi connectivity index (χ0v) is 17.3. The fourth-order valence-corrected chi connectivity index (χ4v) is 2.76. The van der Waals surface area contributed by atoms with Crippen LogP contribution in [0.3, 0.4) is 0 Å². The van der Waals surface area contributed by atoms with Gasteiger partial charge in [-0.1, -0.05) is 6.07 Å². The van der Waals surface area contributed by atoms with Gasteiger partial charge in [0.1, 0.15) is 0 Å². The Morgan fingerprint density at radius 1 is 1.11 bits per heavy atom. The zero-order chi connectivity index (χ0) is 21.2. The molecule has 0 fully saturated rings. The normalized spacial score (nSPS) is 12.2. The number of halogens is 3. The standard InChI is InChI=1S/C19H31F3N4O2/c1-23-18(24-10-6-11-25(2)14-19(20,21)22)26(3)12-9-15-7-8-16(27-4)17(13-15)28-5/h7-8,13H,6,9-12,14H2,1-5H3,(H,23,24). The van der Waals surface area contributed by atoms with Crippen LogP contribution in [0.1, 0.15) is 12.0 Å². The fraction of sp³-hybridized carbons (Fsp3) is 0.632. The van der Waals surface area contributed by atoms with Crippen molar-refractivity contribution in [2.75, 3.05) is 61.5 Å². The van der Waals surface area contributed by atoms with Gasteiger partial charge in [-0.2, -0.15) is 13.2 Å². The lowest BCUT2D eigenvalue weighted by molar-refractivity contribution is -0.143. The van der Waals surface area contributed by atoms with Crippen LogP contribution in [0, 0.1) is 0 Å². The van der Waals surface area contributed by atoms with Gasteiger partial charge in [0.2, 0.25) is 0 Å². The summed E-state index contributed by atoms with van der Waals surface area (Å²) in [5.41, 5.74) is 1.11. The molecule has 0 aliphatic heterocycles. The van der Waals surface area contributed by atoms with E-state index in [0.717, 1.165) is 18.5 Å². The van der Waals surface area contributed by atoms with Gasteiger partial charge in [0.05, 0.1) is 20.8 Å². The highest BCUT2D eigenvalue weighted by Gasteiger charge is 2.28. The van der Waals surface area contributed by atoms with E-state index in [9.17, 15) is 13.2 Å². The summed E-state index contributed by atoms with van der Waals surface area (Å²) in [6, 6.07) is 5.81. The third-order valence-electron chi connectivity index (χ3n) is 4.21. The van der Waals surface area contributed by atoms with Gasteiger partial charge in [0, 0.05) is 27.2 Å². The Balaban J connectivity index is 2.42. The van der Waals surface area contributed by atoms with Crippen LogP contribution in [0.2, 0.25) is 0 Å². The summed E-state index contributed by atoms with van der Waals surface area (Å²) in [6.45, 7) is 0.741. The molecule has 1 rings (SSSR count). The number of aliphatic imine (C=N–C) groups is 1. The van der Waals surface area contributed by atoms with E-state index in [2.05, 4.69) is 10.3 Å². The molecule has 0 aliphatic carbocycles. The molecule has 1 N–H and O–H groups in total. The lowest BCUT2D eigenvalue weighted by Crippen LogP contribution is -2.41. The first-order valence-corrected chi connectivity index (χ1v) is 9.08. The second-order valence-electron chi connectivity index (χ2n) is 6.54. The largest absolute Gasteiger partial charge is 0.493 e. The molecular formula is C19H31F3N4O2. The van der Waals surface area contributed by atoms with Gasteiger partial charge in [-0.15, -0.1) is 0 Å². The molecule has 0 atom stereocenters. The molecular weight excluding hydrogens is 373 g/mol. The molecule has 0 heterocycles. The quantitative estimate of drug-likeness (QED) is 0.369. The van der Waals surface area contributed by atoms with Crippen LogP contribution in [0.25, 0.3) is 0 Å². The van der Waals surface area contributed by atoms with Gasteiger partial charge in [-0.25, -0.2) is 0 Å². The number of nitrogens with one attached hydrogen (secondary N) is 1. The van der Waals surface area contributed by atoms with E-state index in [1.54, 1.807) is 21.3 Å². The Morgan fingerprint density at radius 2 is 1.79 bits per heavy atom. The number of likely N-dealkylation sites (N-methyl/N-ethyl adjacent to an activating group) is 1. The van der Waals surface area contributed by atoms with Crippen molar-refractivity contribution in [2.24, 2.45) is 4.99 Å². The summed E-state index contributed by atoms with van der Waals surface area (Å²) in [5.74, 6) is 2.08. The summed E-state index contributed by atoms with van der Waals surface area (Å²) in [7, 11) is 8.28. The number of benzene rings is 1. The molecule has 0 aromatic heterocycles. The van der Waals surface area contributed by atoms with Crippen molar-refractivity contribution in [3.8, 4) is 11.5 Å². The van der Waals surface area contributed by atoms with E-state index >= 15 is 0 Å². The minimum Gasteiger partial charge on any atom is -0.493 e. The number of methoxy groups -OCH3 is 2. The fourth-order valence-electron chi connectivity index (χ4n) is 2.76. The SMILES string of the molecule is CN=C(NCCCN(C)CC(F)(F)F)N(C)CCc1ccc(OC)c(OC)c1. The maximum Gasteiger partial charge on any atom is 0.401 e. The first kappa shape index (κ1) is 23.9. The molecule has 28 heavy (non-hydrogen) atoms. The first-order valence-electron chi connectivity index (χ1n) is 9.08. The maximum atomic E-state index is 12.3. The van der Waals surface area contributed by atoms with Crippen molar-refractivity contribution in [1.29, 1.82) is 0 Å². The Bertz CT molecular complexity index is 624. The molecule has 0 amide bonds.